The third-order valence-corrected chi connectivity index (χ3v) is 2.99. The second kappa shape index (κ2) is 5.03. The molecule has 0 aromatic carbocycles. The van der Waals surface area contributed by atoms with Gasteiger partial charge in [-0.25, -0.2) is 9.97 Å². The van der Waals surface area contributed by atoms with Gasteiger partial charge in [-0.15, -0.1) is 0 Å². The Kier molecular flexibility index (Phi) is 3.66. The molecule has 0 unspecified atom stereocenters. The molecular weight excluding hydrogens is 244 g/mol. The number of aliphatic hydroxyl groups is 1. The monoisotopic (exact) mass is 258 g/mol. The van der Waals surface area contributed by atoms with Gasteiger partial charge >= 0.3 is 0 Å². The van der Waals surface area contributed by atoms with E-state index in [4.69, 9.17) is 27.2 Å². The highest BCUT2D eigenvalue weighted by molar-refractivity contribution is 6.35. The molecule has 2 rings (SSSR count). The third-order valence-electron chi connectivity index (χ3n) is 2.63. The zero-order valence-corrected chi connectivity index (χ0v) is 10.3. The van der Waals surface area contributed by atoms with Crippen LogP contribution in [0.15, 0.2) is 6.33 Å². The molecular formula is C10H15ClN4O2. The van der Waals surface area contributed by atoms with Crippen molar-refractivity contribution >= 4 is 23.2 Å². The summed E-state index contributed by atoms with van der Waals surface area (Å²) in [5, 5.41) is 9.50. The first kappa shape index (κ1) is 12.3. The molecule has 0 spiro atoms. The van der Waals surface area contributed by atoms with Crippen molar-refractivity contribution in [3.05, 3.63) is 11.3 Å². The van der Waals surface area contributed by atoms with Gasteiger partial charge in [0.25, 0.3) is 0 Å². The summed E-state index contributed by atoms with van der Waals surface area (Å²) < 4.78 is 5.55. The summed E-state index contributed by atoms with van der Waals surface area (Å²) in [5.74, 6) is 0.851. The molecule has 94 valence electrons. The van der Waals surface area contributed by atoms with E-state index in [0.717, 1.165) is 0 Å². The summed E-state index contributed by atoms with van der Waals surface area (Å²) in [5.41, 5.74) is 5.64. The van der Waals surface area contributed by atoms with Crippen molar-refractivity contribution < 1.29 is 9.84 Å². The smallest absolute Gasteiger partial charge is 0.153 e. The predicted molar refractivity (Wildman–Crippen MR) is 65.1 cm³/mol. The number of hydrogen-bond acceptors (Lipinski definition) is 6. The highest BCUT2D eigenvalue weighted by atomic mass is 35.5. The van der Waals surface area contributed by atoms with Gasteiger partial charge in [0, 0.05) is 13.1 Å². The number of aliphatic hydroxyl groups excluding tert-OH is 1. The summed E-state index contributed by atoms with van der Waals surface area (Å²) in [4.78, 5) is 9.91. The molecule has 7 heteroatoms. The van der Waals surface area contributed by atoms with Gasteiger partial charge in [-0.05, 0) is 6.92 Å². The minimum absolute atomic E-state index is 0.00755. The third kappa shape index (κ3) is 2.59. The van der Waals surface area contributed by atoms with Crippen LogP contribution in [0.5, 0.6) is 0 Å². The van der Waals surface area contributed by atoms with Crippen LogP contribution in [0.2, 0.25) is 5.02 Å². The van der Waals surface area contributed by atoms with E-state index in [1.54, 1.807) is 0 Å². The molecule has 0 saturated carbocycles. The van der Waals surface area contributed by atoms with Crippen LogP contribution in [0.25, 0.3) is 0 Å². The Morgan fingerprint density at radius 3 is 3.06 bits per heavy atom. The summed E-state index contributed by atoms with van der Waals surface area (Å²) in [6.07, 6.45) is 1.16. The summed E-state index contributed by atoms with van der Waals surface area (Å²) in [7, 11) is 0. The zero-order valence-electron chi connectivity index (χ0n) is 9.51. The standard InChI is InChI=1S/C10H15ClN4O2/c1-6-2-15(3-7(4-16)17-6)10-8(11)9(12)13-5-14-10/h5-7,16H,2-4H2,1H3,(H2,12,13,14)/t6-,7-/m0/s1. The Balaban J connectivity index is 2.23. The van der Waals surface area contributed by atoms with Gasteiger partial charge in [0.15, 0.2) is 5.82 Å². The van der Waals surface area contributed by atoms with Gasteiger partial charge in [-0.1, -0.05) is 11.6 Å². The van der Waals surface area contributed by atoms with E-state index < -0.39 is 0 Å². The minimum Gasteiger partial charge on any atom is -0.394 e. The van der Waals surface area contributed by atoms with E-state index in [1.807, 2.05) is 11.8 Å². The molecule has 17 heavy (non-hydrogen) atoms. The lowest BCUT2D eigenvalue weighted by atomic mass is 10.2. The second-order valence-corrected chi connectivity index (χ2v) is 4.43. The molecule has 0 amide bonds. The number of nitrogens with zero attached hydrogens (tertiary/aromatic N) is 3. The number of hydrogen-bond donors (Lipinski definition) is 2. The van der Waals surface area contributed by atoms with Crippen molar-refractivity contribution in [1.82, 2.24) is 9.97 Å². The fourth-order valence-electron chi connectivity index (χ4n) is 1.91. The first-order valence-corrected chi connectivity index (χ1v) is 5.77. The van der Waals surface area contributed by atoms with Crippen LogP contribution in [0.3, 0.4) is 0 Å². The number of anilines is 2. The van der Waals surface area contributed by atoms with Crippen LogP contribution in [-0.4, -0.2) is 47.0 Å². The first-order valence-electron chi connectivity index (χ1n) is 5.39. The van der Waals surface area contributed by atoms with Crippen LogP contribution >= 0.6 is 11.6 Å². The average molecular weight is 259 g/mol. The van der Waals surface area contributed by atoms with Gasteiger partial charge < -0.3 is 20.5 Å². The van der Waals surface area contributed by atoms with Crippen molar-refractivity contribution in [3.8, 4) is 0 Å². The molecule has 0 bridgehead atoms. The van der Waals surface area contributed by atoms with E-state index in [9.17, 15) is 0 Å². The van der Waals surface area contributed by atoms with Crippen molar-refractivity contribution in [1.29, 1.82) is 0 Å². The number of morpholine rings is 1. The molecule has 0 radical (unpaired) electrons. The van der Waals surface area contributed by atoms with E-state index in [1.165, 1.54) is 6.33 Å². The van der Waals surface area contributed by atoms with Crippen molar-refractivity contribution in [2.45, 2.75) is 19.1 Å². The molecule has 1 aliphatic rings. The molecule has 0 aliphatic carbocycles. The molecule has 1 aromatic heterocycles. The SMILES string of the molecule is C[C@H]1CN(c2ncnc(N)c2Cl)C[C@@H](CO)O1. The van der Waals surface area contributed by atoms with E-state index in [0.29, 0.717) is 23.9 Å². The van der Waals surface area contributed by atoms with Gasteiger partial charge in [-0.3, -0.25) is 0 Å². The van der Waals surface area contributed by atoms with Crippen LogP contribution in [0, 0.1) is 0 Å². The van der Waals surface area contributed by atoms with Gasteiger partial charge in [0.2, 0.25) is 0 Å². The largest absolute Gasteiger partial charge is 0.394 e. The van der Waals surface area contributed by atoms with Gasteiger partial charge in [0.05, 0.1) is 18.8 Å². The van der Waals surface area contributed by atoms with Crippen LogP contribution < -0.4 is 10.6 Å². The normalized spacial score (nSPS) is 25.0. The Morgan fingerprint density at radius 1 is 1.59 bits per heavy atom. The Hall–Kier alpha value is -1.11. The quantitative estimate of drug-likeness (QED) is 0.794. The number of halogens is 1. The van der Waals surface area contributed by atoms with Crippen LogP contribution in [-0.2, 0) is 4.74 Å². The molecule has 1 fully saturated rings. The van der Waals surface area contributed by atoms with E-state index in [2.05, 4.69) is 9.97 Å². The maximum atomic E-state index is 9.16. The molecule has 2 atom stereocenters. The summed E-state index contributed by atoms with van der Waals surface area (Å²) in [6.45, 7) is 3.11. The molecule has 1 aliphatic heterocycles. The van der Waals surface area contributed by atoms with Crippen molar-refractivity contribution in [3.63, 3.8) is 0 Å². The summed E-state index contributed by atoms with van der Waals surface area (Å²) in [6, 6.07) is 0. The fourth-order valence-corrected chi connectivity index (χ4v) is 2.13. The molecule has 3 N–H and O–H groups in total. The lowest BCUT2D eigenvalue weighted by Gasteiger charge is -2.37. The average Bonchev–Trinajstić information content (AvgIpc) is 2.31. The molecule has 1 aromatic rings. The first-order chi connectivity index (χ1) is 8.11. The highest BCUT2D eigenvalue weighted by Crippen LogP contribution is 2.28. The van der Waals surface area contributed by atoms with Crippen molar-refractivity contribution in [2.75, 3.05) is 30.3 Å². The number of rotatable bonds is 2. The Morgan fingerprint density at radius 2 is 2.35 bits per heavy atom. The van der Waals surface area contributed by atoms with E-state index in [-0.39, 0.29) is 24.6 Å². The van der Waals surface area contributed by atoms with Gasteiger partial charge in [-0.2, -0.15) is 0 Å². The molecule has 2 heterocycles. The maximum Gasteiger partial charge on any atom is 0.153 e. The minimum atomic E-state index is -0.231. The topological polar surface area (TPSA) is 84.5 Å². The van der Waals surface area contributed by atoms with Crippen LogP contribution in [0.4, 0.5) is 11.6 Å². The Bertz CT molecular complexity index is 404. The highest BCUT2D eigenvalue weighted by Gasteiger charge is 2.27. The van der Waals surface area contributed by atoms with Crippen molar-refractivity contribution in [2.24, 2.45) is 0 Å². The Labute approximate surface area is 104 Å². The molecule has 6 nitrogen and oxygen atoms in total. The number of aromatic nitrogens is 2. The number of ether oxygens (including phenoxy) is 1. The molecule has 1 saturated heterocycles. The fraction of sp³-hybridized carbons (Fsp3) is 0.600. The number of nitrogens with two attached hydrogens (primary N) is 1. The van der Waals surface area contributed by atoms with Gasteiger partial charge in [0.1, 0.15) is 17.2 Å². The van der Waals surface area contributed by atoms with Crippen LogP contribution in [0.1, 0.15) is 6.92 Å². The summed E-state index contributed by atoms with van der Waals surface area (Å²) >= 11 is 6.07. The second-order valence-electron chi connectivity index (χ2n) is 4.05. The van der Waals surface area contributed by atoms with E-state index >= 15 is 0 Å². The lowest BCUT2D eigenvalue weighted by molar-refractivity contribution is -0.0423. The lowest BCUT2D eigenvalue weighted by Crippen LogP contribution is -2.48. The zero-order chi connectivity index (χ0) is 12.4. The number of nitrogen functional groups attached to an aromatic ring is 1. The maximum absolute atomic E-state index is 9.16. The predicted octanol–water partition coefficient (Wildman–Crippen LogP) is 0.298.